The van der Waals surface area contributed by atoms with Crippen molar-refractivity contribution in [3.8, 4) is 11.5 Å². The van der Waals surface area contributed by atoms with Gasteiger partial charge in [0.25, 0.3) is 0 Å². The van der Waals surface area contributed by atoms with Crippen LogP contribution in [0.1, 0.15) is 11.7 Å². The van der Waals surface area contributed by atoms with E-state index in [1.165, 1.54) is 11.8 Å². The van der Waals surface area contributed by atoms with Crippen molar-refractivity contribution in [3.63, 3.8) is 0 Å². The average Bonchev–Trinajstić information content (AvgIpc) is 2.74. The van der Waals surface area contributed by atoms with Crippen LogP contribution < -0.4 is 15.2 Å². The summed E-state index contributed by atoms with van der Waals surface area (Å²) in [6, 6.07) is 3.63. The van der Waals surface area contributed by atoms with E-state index in [4.69, 9.17) is 15.2 Å². The van der Waals surface area contributed by atoms with Crippen LogP contribution in [0.5, 0.6) is 11.5 Å². The van der Waals surface area contributed by atoms with Crippen molar-refractivity contribution in [3.05, 3.63) is 17.7 Å². The molecule has 0 aliphatic carbocycles. The summed E-state index contributed by atoms with van der Waals surface area (Å²) < 4.78 is 10.6. The monoisotopic (exact) mass is 227 g/mol. The topological polar surface area (TPSA) is 64.7 Å². The van der Waals surface area contributed by atoms with Gasteiger partial charge < -0.3 is 20.3 Å². The van der Waals surface area contributed by atoms with Gasteiger partial charge in [0, 0.05) is 6.54 Å². The average molecular weight is 227 g/mol. The van der Waals surface area contributed by atoms with Crippen molar-refractivity contribution in [2.45, 2.75) is 11.0 Å². The minimum atomic E-state index is -0.651. The molecular weight excluding hydrogens is 214 g/mol. The molecule has 2 rings (SSSR count). The predicted molar refractivity (Wildman–Crippen MR) is 58.4 cm³/mol. The van der Waals surface area contributed by atoms with Gasteiger partial charge in [0.1, 0.15) is 0 Å². The zero-order valence-electron chi connectivity index (χ0n) is 8.40. The first-order valence-corrected chi connectivity index (χ1v) is 5.85. The van der Waals surface area contributed by atoms with Gasteiger partial charge in [0.15, 0.2) is 11.5 Å². The fraction of sp³-hybridized carbons (Fsp3) is 0.400. The smallest absolute Gasteiger partial charge is 0.231 e. The molecule has 1 unspecified atom stereocenters. The summed E-state index contributed by atoms with van der Waals surface area (Å²) in [5, 5.41) is 9.74. The second-order valence-corrected chi connectivity index (χ2v) is 3.99. The van der Waals surface area contributed by atoms with Crippen LogP contribution in [-0.4, -0.2) is 24.7 Å². The third-order valence-corrected chi connectivity index (χ3v) is 3.14. The molecule has 0 bridgehead atoms. The van der Waals surface area contributed by atoms with Crippen molar-refractivity contribution in [1.82, 2.24) is 0 Å². The standard InChI is InChI=1S/C10H13NO3S/c1-15-10-6(7(12)4-11)2-3-8-9(10)14-5-13-8/h2-3,7,12H,4-5,11H2,1H3. The molecular formula is C10H13NO3S. The Hall–Kier alpha value is -0.910. The third kappa shape index (κ3) is 1.78. The van der Waals surface area contributed by atoms with Gasteiger partial charge in [-0.1, -0.05) is 6.07 Å². The summed E-state index contributed by atoms with van der Waals surface area (Å²) in [5.41, 5.74) is 6.24. The highest BCUT2D eigenvalue weighted by Gasteiger charge is 2.22. The van der Waals surface area contributed by atoms with Crippen LogP contribution in [-0.2, 0) is 0 Å². The van der Waals surface area contributed by atoms with Crippen molar-refractivity contribution >= 4 is 11.8 Å². The van der Waals surface area contributed by atoms with Gasteiger partial charge in [-0.15, -0.1) is 11.8 Å². The predicted octanol–water partition coefficient (Wildman–Crippen LogP) is 1.13. The van der Waals surface area contributed by atoms with E-state index in [2.05, 4.69) is 0 Å². The number of nitrogens with two attached hydrogens (primary N) is 1. The second kappa shape index (κ2) is 4.30. The van der Waals surface area contributed by atoms with E-state index in [1.807, 2.05) is 12.3 Å². The molecule has 1 heterocycles. The maximum absolute atomic E-state index is 9.74. The number of rotatable bonds is 3. The highest BCUT2D eigenvalue weighted by Crippen LogP contribution is 2.43. The summed E-state index contributed by atoms with van der Waals surface area (Å²) in [6.45, 7) is 0.443. The first-order valence-electron chi connectivity index (χ1n) is 4.62. The van der Waals surface area contributed by atoms with Gasteiger partial charge >= 0.3 is 0 Å². The van der Waals surface area contributed by atoms with Crippen LogP contribution in [0.15, 0.2) is 17.0 Å². The molecule has 5 heteroatoms. The number of aliphatic hydroxyl groups is 1. The highest BCUT2D eigenvalue weighted by atomic mass is 32.2. The molecule has 0 aromatic heterocycles. The number of benzene rings is 1. The summed E-state index contributed by atoms with van der Waals surface area (Å²) in [5.74, 6) is 1.44. The number of hydrogen-bond acceptors (Lipinski definition) is 5. The molecule has 0 fully saturated rings. The number of fused-ring (bicyclic) bond motifs is 1. The molecule has 0 amide bonds. The quantitative estimate of drug-likeness (QED) is 0.758. The van der Waals surface area contributed by atoms with Crippen LogP contribution in [0.4, 0.5) is 0 Å². The van der Waals surface area contributed by atoms with Gasteiger partial charge in [-0.2, -0.15) is 0 Å². The third-order valence-electron chi connectivity index (χ3n) is 2.31. The van der Waals surface area contributed by atoms with E-state index in [9.17, 15) is 5.11 Å². The van der Waals surface area contributed by atoms with Crippen LogP contribution >= 0.6 is 11.8 Å². The van der Waals surface area contributed by atoms with Crippen LogP contribution in [0.25, 0.3) is 0 Å². The number of thioether (sulfide) groups is 1. The number of ether oxygens (including phenoxy) is 2. The fourth-order valence-electron chi connectivity index (χ4n) is 1.56. The van der Waals surface area contributed by atoms with Crippen LogP contribution in [0, 0.1) is 0 Å². The highest BCUT2D eigenvalue weighted by molar-refractivity contribution is 7.98. The summed E-state index contributed by atoms with van der Waals surface area (Å²) in [7, 11) is 0. The van der Waals surface area contributed by atoms with E-state index < -0.39 is 6.10 Å². The van der Waals surface area contributed by atoms with Crippen molar-refractivity contribution in [1.29, 1.82) is 0 Å². The molecule has 1 aliphatic heterocycles. The molecule has 0 saturated carbocycles. The molecule has 1 atom stereocenters. The first-order chi connectivity index (χ1) is 7.27. The molecule has 4 nitrogen and oxygen atoms in total. The second-order valence-electron chi connectivity index (χ2n) is 3.17. The molecule has 82 valence electrons. The lowest BCUT2D eigenvalue weighted by Crippen LogP contribution is -2.12. The van der Waals surface area contributed by atoms with Crippen molar-refractivity contribution < 1.29 is 14.6 Å². The van der Waals surface area contributed by atoms with E-state index in [0.717, 1.165) is 16.2 Å². The molecule has 1 aromatic carbocycles. The zero-order valence-corrected chi connectivity index (χ0v) is 9.21. The number of hydrogen-bond donors (Lipinski definition) is 2. The molecule has 1 aromatic rings. The molecule has 15 heavy (non-hydrogen) atoms. The van der Waals surface area contributed by atoms with E-state index in [0.29, 0.717) is 5.75 Å². The Bertz CT molecular complexity index is 370. The van der Waals surface area contributed by atoms with Gasteiger partial charge in [-0.05, 0) is 17.9 Å². The van der Waals surface area contributed by atoms with E-state index >= 15 is 0 Å². The maximum atomic E-state index is 9.74. The minimum absolute atomic E-state index is 0.202. The van der Waals surface area contributed by atoms with E-state index in [1.54, 1.807) is 6.07 Å². The lowest BCUT2D eigenvalue weighted by Gasteiger charge is -2.14. The zero-order chi connectivity index (χ0) is 10.8. The van der Waals surface area contributed by atoms with E-state index in [-0.39, 0.29) is 13.3 Å². The molecule has 1 aliphatic rings. The summed E-state index contributed by atoms with van der Waals surface area (Å²) in [6.07, 6.45) is 1.28. The van der Waals surface area contributed by atoms with Gasteiger partial charge in [-0.25, -0.2) is 0 Å². The Morgan fingerprint density at radius 1 is 1.53 bits per heavy atom. The molecule has 0 spiro atoms. The summed E-state index contributed by atoms with van der Waals surface area (Å²) >= 11 is 1.52. The summed E-state index contributed by atoms with van der Waals surface area (Å²) in [4.78, 5) is 0.906. The van der Waals surface area contributed by atoms with Crippen molar-refractivity contribution in [2.24, 2.45) is 5.73 Å². The molecule has 0 saturated heterocycles. The Labute approximate surface area is 92.4 Å². The van der Waals surface area contributed by atoms with Gasteiger partial charge in [0.05, 0.1) is 11.0 Å². The van der Waals surface area contributed by atoms with Crippen molar-refractivity contribution in [2.75, 3.05) is 19.6 Å². The Balaban J connectivity index is 2.48. The normalized spacial score (nSPS) is 15.4. The minimum Gasteiger partial charge on any atom is -0.454 e. The Kier molecular flexibility index (Phi) is 3.04. The Morgan fingerprint density at radius 3 is 3.00 bits per heavy atom. The maximum Gasteiger partial charge on any atom is 0.231 e. The Morgan fingerprint density at radius 2 is 2.33 bits per heavy atom. The SMILES string of the molecule is CSc1c(C(O)CN)ccc2c1OCO2. The van der Waals surface area contributed by atoms with Crippen LogP contribution in [0.2, 0.25) is 0 Å². The first kappa shape index (κ1) is 10.6. The van der Waals surface area contributed by atoms with Crippen LogP contribution in [0.3, 0.4) is 0 Å². The molecule has 0 radical (unpaired) electrons. The molecule has 3 N–H and O–H groups in total. The van der Waals surface area contributed by atoms with Gasteiger partial charge in [-0.3, -0.25) is 0 Å². The largest absolute Gasteiger partial charge is 0.454 e. The van der Waals surface area contributed by atoms with Gasteiger partial charge in [0.2, 0.25) is 6.79 Å². The lowest BCUT2D eigenvalue weighted by atomic mass is 10.1. The fourth-order valence-corrected chi connectivity index (χ4v) is 2.35. The lowest BCUT2D eigenvalue weighted by molar-refractivity contribution is 0.169. The number of aliphatic hydroxyl groups excluding tert-OH is 1.